The molecule has 1 aromatic rings. The number of hydrogen-bond acceptors (Lipinski definition) is 6. The number of anilines is 1. The predicted molar refractivity (Wildman–Crippen MR) is 78.1 cm³/mol. The lowest BCUT2D eigenvalue weighted by atomic mass is 10.1. The average molecular weight is 280 g/mol. The number of ether oxygens (including phenoxy) is 1. The summed E-state index contributed by atoms with van der Waals surface area (Å²) >= 11 is 0. The van der Waals surface area contributed by atoms with Gasteiger partial charge in [0.1, 0.15) is 0 Å². The lowest BCUT2D eigenvalue weighted by Gasteiger charge is -2.41. The Morgan fingerprint density at radius 3 is 2.80 bits per heavy atom. The van der Waals surface area contributed by atoms with Crippen LogP contribution in [0.25, 0.3) is 0 Å². The van der Waals surface area contributed by atoms with Crippen LogP contribution in [0.1, 0.15) is 20.8 Å². The Kier molecular flexibility index (Phi) is 4.45. The molecular formula is C14H24N4O2. The highest BCUT2D eigenvalue weighted by Gasteiger charge is 2.28. The van der Waals surface area contributed by atoms with Gasteiger partial charge < -0.3 is 14.7 Å². The van der Waals surface area contributed by atoms with Crippen molar-refractivity contribution in [1.29, 1.82) is 0 Å². The van der Waals surface area contributed by atoms with Crippen LogP contribution in [0.5, 0.6) is 5.88 Å². The number of methoxy groups -OCH3 is 1. The highest BCUT2D eigenvalue weighted by molar-refractivity contribution is 5.34. The van der Waals surface area contributed by atoms with E-state index in [0.717, 1.165) is 19.6 Å². The Bertz CT molecular complexity index is 447. The summed E-state index contributed by atoms with van der Waals surface area (Å²) in [6, 6.07) is 2.05. The normalized spacial score (nSPS) is 21.1. The third-order valence-corrected chi connectivity index (χ3v) is 3.41. The first-order chi connectivity index (χ1) is 9.39. The van der Waals surface area contributed by atoms with Crippen LogP contribution < -0.4 is 9.64 Å². The summed E-state index contributed by atoms with van der Waals surface area (Å²) in [7, 11) is 1.61. The highest BCUT2D eigenvalue weighted by Crippen LogP contribution is 2.19. The quantitative estimate of drug-likeness (QED) is 0.879. The molecule has 0 amide bonds. The van der Waals surface area contributed by atoms with Gasteiger partial charge in [0.25, 0.3) is 0 Å². The summed E-state index contributed by atoms with van der Waals surface area (Å²) in [5.74, 6) is 1.29. The number of β-amino-alcohol motifs (C(OH)–C–C–N with tert-alkyl or cyclic N) is 1. The number of aromatic nitrogens is 2. The number of hydrogen-bond donors (Lipinski definition) is 1. The molecule has 1 fully saturated rings. The first kappa shape index (κ1) is 15.0. The fourth-order valence-corrected chi connectivity index (χ4v) is 2.61. The number of aliphatic hydroxyl groups is 1. The SMILES string of the molecule is COc1ccnc(N2CCN(CC(C)(C)O)CC2C)n1. The van der Waals surface area contributed by atoms with Crippen LogP contribution in [0, 0.1) is 0 Å². The molecule has 20 heavy (non-hydrogen) atoms. The Hall–Kier alpha value is -1.40. The zero-order valence-electron chi connectivity index (χ0n) is 12.7. The van der Waals surface area contributed by atoms with Gasteiger partial charge in [-0.3, -0.25) is 4.90 Å². The standard InChI is InChI=1S/C14H24N4O2/c1-11-9-17(10-14(2,3)19)7-8-18(11)13-15-6-5-12(16-13)20-4/h5-6,11,19H,7-10H2,1-4H3. The second-order valence-corrected chi connectivity index (χ2v) is 5.99. The van der Waals surface area contributed by atoms with E-state index in [-0.39, 0.29) is 0 Å². The van der Waals surface area contributed by atoms with Crippen molar-refractivity contribution in [3.05, 3.63) is 12.3 Å². The summed E-state index contributed by atoms with van der Waals surface area (Å²) in [5.41, 5.74) is -0.658. The molecule has 1 saturated heterocycles. The molecule has 2 rings (SSSR count). The van der Waals surface area contributed by atoms with Crippen molar-refractivity contribution in [2.24, 2.45) is 0 Å². The van der Waals surface area contributed by atoms with Crippen LogP contribution in [0.3, 0.4) is 0 Å². The molecule has 1 unspecified atom stereocenters. The van der Waals surface area contributed by atoms with Crippen LogP contribution in [-0.2, 0) is 0 Å². The van der Waals surface area contributed by atoms with Crippen molar-refractivity contribution in [3.63, 3.8) is 0 Å². The summed E-state index contributed by atoms with van der Waals surface area (Å²) in [5, 5.41) is 9.91. The van der Waals surface area contributed by atoms with Gasteiger partial charge in [-0.1, -0.05) is 0 Å². The summed E-state index contributed by atoms with van der Waals surface area (Å²) in [4.78, 5) is 13.2. The molecule has 1 atom stereocenters. The second-order valence-electron chi connectivity index (χ2n) is 5.99. The van der Waals surface area contributed by atoms with Crippen LogP contribution in [0.4, 0.5) is 5.95 Å². The van der Waals surface area contributed by atoms with Gasteiger partial charge in [0.05, 0.1) is 12.7 Å². The maximum Gasteiger partial charge on any atom is 0.228 e. The van der Waals surface area contributed by atoms with E-state index in [4.69, 9.17) is 4.74 Å². The van der Waals surface area contributed by atoms with Crippen LogP contribution in [0.2, 0.25) is 0 Å². The molecular weight excluding hydrogens is 256 g/mol. The van der Waals surface area contributed by atoms with E-state index in [1.165, 1.54) is 0 Å². The third kappa shape index (κ3) is 3.80. The van der Waals surface area contributed by atoms with Gasteiger partial charge in [0.2, 0.25) is 11.8 Å². The zero-order chi connectivity index (χ0) is 14.8. The molecule has 1 aromatic heterocycles. The van der Waals surface area contributed by atoms with E-state index >= 15 is 0 Å². The van der Waals surface area contributed by atoms with E-state index in [2.05, 4.69) is 26.7 Å². The Morgan fingerprint density at radius 2 is 2.20 bits per heavy atom. The first-order valence-electron chi connectivity index (χ1n) is 6.97. The molecule has 2 heterocycles. The number of rotatable bonds is 4. The van der Waals surface area contributed by atoms with Gasteiger partial charge in [-0.15, -0.1) is 0 Å². The molecule has 0 spiro atoms. The minimum atomic E-state index is -0.658. The van der Waals surface area contributed by atoms with Gasteiger partial charge in [0, 0.05) is 44.5 Å². The second kappa shape index (κ2) is 5.93. The monoisotopic (exact) mass is 280 g/mol. The van der Waals surface area contributed by atoms with E-state index in [9.17, 15) is 5.11 Å². The van der Waals surface area contributed by atoms with E-state index in [0.29, 0.717) is 24.4 Å². The molecule has 1 aliphatic rings. The van der Waals surface area contributed by atoms with Crippen LogP contribution in [0.15, 0.2) is 12.3 Å². The molecule has 0 bridgehead atoms. The molecule has 112 valence electrons. The van der Waals surface area contributed by atoms with Gasteiger partial charge in [0.15, 0.2) is 0 Å². The van der Waals surface area contributed by atoms with E-state index < -0.39 is 5.60 Å². The summed E-state index contributed by atoms with van der Waals surface area (Å²) < 4.78 is 5.15. The molecule has 1 N–H and O–H groups in total. The van der Waals surface area contributed by atoms with Crippen molar-refractivity contribution in [2.45, 2.75) is 32.4 Å². The van der Waals surface area contributed by atoms with Gasteiger partial charge in [-0.2, -0.15) is 4.98 Å². The molecule has 0 aliphatic carbocycles. The molecule has 6 nitrogen and oxygen atoms in total. The average Bonchev–Trinajstić information content (AvgIpc) is 2.37. The van der Waals surface area contributed by atoms with Crippen LogP contribution >= 0.6 is 0 Å². The van der Waals surface area contributed by atoms with Crippen molar-refractivity contribution < 1.29 is 9.84 Å². The van der Waals surface area contributed by atoms with E-state index in [1.54, 1.807) is 19.4 Å². The maximum absolute atomic E-state index is 9.91. The van der Waals surface area contributed by atoms with E-state index in [1.807, 2.05) is 13.8 Å². The van der Waals surface area contributed by atoms with Gasteiger partial charge >= 0.3 is 0 Å². The van der Waals surface area contributed by atoms with Crippen molar-refractivity contribution >= 4 is 5.95 Å². The molecule has 1 aliphatic heterocycles. The summed E-state index contributed by atoms with van der Waals surface area (Å²) in [6.45, 7) is 9.16. The maximum atomic E-state index is 9.91. The van der Waals surface area contributed by atoms with Crippen molar-refractivity contribution in [3.8, 4) is 5.88 Å². The topological polar surface area (TPSA) is 61.7 Å². The fraction of sp³-hybridized carbons (Fsp3) is 0.714. The number of nitrogens with zero attached hydrogens (tertiary/aromatic N) is 4. The third-order valence-electron chi connectivity index (χ3n) is 3.41. The van der Waals surface area contributed by atoms with Crippen LogP contribution in [-0.4, -0.2) is 64.9 Å². The number of piperazine rings is 1. The zero-order valence-corrected chi connectivity index (χ0v) is 12.7. The lowest BCUT2D eigenvalue weighted by molar-refractivity contribution is 0.0307. The molecule has 6 heteroatoms. The largest absolute Gasteiger partial charge is 0.481 e. The minimum Gasteiger partial charge on any atom is -0.481 e. The molecule has 0 radical (unpaired) electrons. The van der Waals surface area contributed by atoms with Gasteiger partial charge in [-0.25, -0.2) is 4.98 Å². The minimum absolute atomic E-state index is 0.304. The molecule has 0 aromatic carbocycles. The van der Waals surface area contributed by atoms with Crippen molar-refractivity contribution in [2.75, 3.05) is 38.2 Å². The lowest BCUT2D eigenvalue weighted by Crippen LogP contribution is -2.55. The Morgan fingerprint density at radius 1 is 1.45 bits per heavy atom. The highest BCUT2D eigenvalue weighted by atomic mass is 16.5. The van der Waals surface area contributed by atoms with Crippen molar-refractivity contribution in [1.82, 2.24) is 14.9 Å². The Labute approximate surface area is 120 Å². The molecule has 0 saturated carbocycles. The Balaban J connectivity index is 2.02. The smallest absolute Gasteiger partial charge is 0.228 e. The fourth-order valence-electron chi connectivity index (χ4n) is 2.61. The first-order valence-corrected chi connectivity index (χ1v) is 6.97. The van der Waals surface area contributed by atoms with Gasteiger partial charge in [-0.05, 0) is 20.8 Å². The summed E-state index contributed by atoms with van der Waals surface area (Å²) in [6.07, 6.45) is 1.72. The predicted octanol–water partition coefficient (Wildman–Crippen LogP) is 0.767.